The highest BCUT2D eigenvalue weighted by molar-refractivity contribution is 9.10. The lowest BCUT2D eigenvalue weighted by Gasteiger charge is -1.98. The Hall–Kier alpha value is -0.130. The number of thiazole rings is 1. The van der Waals surface area contributed by atoms with E-state index in [-0.39, 0.29) is 0 Å². The maximum Gasteiger partial charge on any atom is 0.274 e. The summed E-state index contributed by atoms with van der Waals surface area (Å²) in [5.74, 6) is 0. The number of hydrogen-bond donors (Lipinski definition) is 1. The van der Waals surface area contributed by atoms with Gasteiger partial charge in [0, 0.05) is 5.38 Å². The van der Waals surface area contributed by atoms with Gasteiger partial charge in [0.2, 0.25) is 0 Å². The van der Waals surface area contributed by atoms with Crippen molar-refractivity contribution in [3.8, 4) is 5.19 Å². The molecule has 1 heterocycles. The molecule has 0 aliphatic rings. The van der Waals surface area contributed by atoms with Crippen LogP contribution in [0.15, 0.2) is 9.98 Å². The van der Waals surface area contributed by atoms with E-state index in [1.54, 1.807) is 0 Å². The monoisotopic (exact) mass is 236 g/mol. The molecule has 0 fully saturated rings. The van der Waals surface area contributed by atoms with Gasteiger partial charge in [0.1, 0.15) is 4.60 Å². The highest BCUT2D eigenvalue weighted by Crippen LogP contribution is 2.21. The van der Waals surface area contributed by atoms with E-state index >= 15 is 0 Å². The first-order valence-electron chi connectivity index (χ1n) is 3.27. The molecular formula is C6H9BrN2OS. The summed E-state index contributed by atoms with van der Waals surface area (Å²) in [6.45, 7) is 1.31. The van der Waals surface area contributed by atoms with Crippen molar-refractivity contribution < 1.29 is 4.74 Å². The van der Waals surface area contributed by atoms with Gasteiger partial charge in [-0.05, 0) is 28.9 Å². The van der Waals surface area contributed by atoms with Gasteiger partial charge in [0.05, 0.1) is 6.61 Å². The summed E-state index contributed by atoms with van der Waals surface area (Å²) in [5, 5.41) is 2.59. The molecule has 3 nitrogen and oxygen atoms in total. The Morgan fingerprint density at radius 3 is 3.09 bits per heavy atom. The highest BCUT2D eigenvalue weighted by Gasteiger charge is 1.98. The molecule has 1 aromatic rings. The van der Waals surface area contributed by atoms with Crippen molar-refractivity contribution in [1.29, 1.82) is 0 Å². The lowest BCUT2D eigenvalue weighted by atomic mass is 10.5. The standard InChI is InChI=1S/C6H9BrN2OS/c7-5-4-11-6(9-5)10-3-1-2-8/h4H,1-3,8H2. The Morgan fingerprint density at radius 1 is 1.73 bits per heavy atom. The van der Waals surface area contributed by atoms with E-state index in [0.717, 1.165) is 11.0 Å². The minimum absolute atomic E-state index is 0.649. The topological polar surface area (TPSA) is 48.1 Å². The van der Waals surface area contributed by atoms with Crippen molar-refractivity contribution in [2.75, 3.05) is 13.2 Å². The summed E-state index contributed by atoms with van der Waals surface area (Å²) in [6.07, 6.45) is 0.872. The molecule has 0 spiro atoms. The molecule has 0 bridgehead atoms. The summed E-state index contributed by atoms with van der Waals surface area (Å²) in [6, 6.07) is 0. The fourth-order valence-electron chi connectivity index (χ4n) is 0.548. The fraction of sp³-hybridized carbons (Fsp3) is 0.500. The summed E-state index contributed by atoms with van der Waals surface area (Å²) in [4.78, 5) is 4.05. The maximum atomic E-state index is 5.29. The van der Waals surface area contributed by atoms with Crippen LogP contribution in [0.5, 0.6) is 5.19 Å². The minimum Gasteiger partial charge on any atom is -0.470 e. The third kappa shape index (κ3) is 3.18. The fourth-order valence-corrected chi connectivity index (χ4v) is 1.66. The van der Waals surface area contributed by atoms with Crippen molar-refractivity contribution in [3.63, 3.8) is 0 Å². The zero-order valence-corrected chi connectivity index (χ0v) is 8.32. The van der Waals surface area contributed by atoms with Crippen LogP contribution in [0.2, 0.25) is 0 Å². The van der Waals surface area contributed by atoms with Crippen molar-refractivity contribution >= 4 is 27.3 Å². The Kier molecular flexibility index (Phi) is 3.82. The van der Waals surface area contributed by atoms with Crippen LogP contribution in [-0.2, 0) is 0 Å². The lowest BCUT2D eigenvalue weighted by molar-refractivity contribution is 0.311. The first-order chi connectivity index (χ1) is 5.33. The van der Waals surface area contributed by atoms with Crippen LogP contribution >= 0.6 is 27.3 Å². The van der Waals surface area contributed by atoms with Crippen molar-refractivity contribution in [2.45, 2.75) is 6.42 Å². The first-order valence-corrected chi connectivity index (χ1v) is 4.94. The summed E-state index contributed by atoms with van der Waals surface area (Å²) >= 11 is 4.71. The van der Waals surface area contributed by atoms with Gasteiger partial charge in [-0.15, -0.1) is 0 Å². The predicted octanol–water partition coefficient (Wildman–Crippen LogP) is 1.63. The predicted molar refractivity (Wildman–Crippen MR) is 49.0 cm³/mol. The second-order valence-corrected chi connectivity index (χ2v) is 3.56. The minimum atomic E-state index is 0.649. The molecule has 0 saturated carbocycles. The van der Waals surface area contributed by atoms with Gasteiger partial charge in [0.15, 0.2) is 0 Å². The second-order valence-electron chi connectivity index (χ2n) is 1.93. The normalized spacial score (nSPS) is 10.0. The smallest absolute Gasteiger partial charge is 0.274 e. The quantitative estimate of drug-likeness (QED) is 0.809. The van der Waals surface area contributed by atoms with Gasteiger partial charge in [-0.2, -0.15) is 4.98 Å². The van der Waals surface area contributed by atoms with Crippen LogP contribution in [-0.4, -0.2) is 18.1 Å². The Bertz CT molecular complexity index is 216. The number of aromatic nitrogens is 1. The maximum absolute atomic E-state index is 5.29. The van der Waals surface area contributed by atoms with Crippen molar-refractivity contribution in [2.24, 2.45) is 5.73 Å². The lowest BCUT2D eigenvalue weighted by Crippen LogP contribution is -2.05. The number of ether oxygens (including phenoxy) is 1. The van der Waals surface area contributed by atoms with E-state index in [1.807, 2.05) is 5.38 Å². The van der Waals surface area contributed by atoms with Crippen LogP contribution in [0, 0.1) is 0 Å². The molecule has 2 N–H and O–H groups in total. The largest absolute Gasteiger partial charge is 0.470 e. The first kappa shape index (κ1) is 8.96. The number of hydrogen-bond acceptors (Lipinski definition) is 4. The molecule has 0 atom stereocenters. The molecule has 0 aliphatic carbocycles. The van der Waals surface area contributed by atoms with Crippen LogP contribution < -0.4 is 10.5 Å². The molecule has 0 aromatic carbocycles. The second kappa shape index (κ2) is 4.69. The van der Waals surface area contributed by atoms with Crippen LogP contribution in [0.1, 0.15) is 6.42 Å². The molecule has 0 amide bonds. The molecule has 1 rings (SSSR count). The van der Waals surface area contributed by atoms with E-state index in [9.17, 15) is 0 Å². The van der Waals surface area contributed by atoms with E-state index in [1.165, 1.54) is 11.3 Å². The highest BCUT2D eigenvalue weighted by atomic mass is 79.9. The van der Waals surface area contributed by atoms with E-state index < -0.39 is 0 Å². The van der Waals surface area contributed by atoms with Gasteiger partial charge < -0.3 is 10.5 Å². The summed E-state index contributed by atoms with van der Waals surface area (Å²) in [5.41, 5.74) is 5.29. The average molecular weight is 237 g/mol. The van der Waals surface area contributed by atoms with Crippen LogP contribution in [0.4, 0.5) is 0 Å². The number of halogens is 1. The van der Waals surface area contributed by atoms with Gasteiger partial charge in [-0.25, -0.2) is 0 Å². The van der Waals surface area contributed by atoms with E-state index in [4.69, 9.17) is 10.5 Å². The molecule has 0 aliphatic heterocycles. The Morgan fingerprint density at radius 2 is 2.55 bits per heavy atom. The summed E-state index contributed by atoms with van der Waals surface area (Å²) in [7, 11) is 0. The molecule has 5 heteroatoms. The van der Waals surface area contributed by atoms with E-state index in [0.29, 0.717) is 18.3 Å². The molecule has 0 saturated heterocycles. The SMILES string of the molecule is NCCCOc1nc(Br)cs1. The number of nitrogens with zero attached hydrogens (tertiary/aromatic N) is 1. The molecule has 0 radical (unpaired) electrons. The Balaban J connectivity index is 2.27. The number of nitrogens with two attached hydrogens (primary N) is 1. The molecule has 11 heavy (non-hydrogen) atoms. The average Bonchev–Trinajstić information content (AvgIpc) is 2.37. The molecule has 62 valence electrons. The zero-order valence-electron chi connectivity index (χ0n) is 5.92. The zero-order chi connectivity index (χ0) is 8.10. The van der Waals surface area contributed by atoms with Crippen LogP contribution in [0.3, 0.4) is 0 Å². The van der Waals surface area contributed by atoms with Gasteiger partial charge in [-0.1, -0.05) is 11.3 Å². The summed E-state index contributed by atoms with van der Waals surface area (Å²) < 4.78 is 6.09. The Labute approximate surface area is 77.7 Å². The van der Waals surface area contributed by atoms with Gasteiger partial charge in [0.25, 0.3) is 5.19 Å². The number of rotatable bonds is 4. The van der Waals surface area contributed by atoms with E-state index in [2.05, 4.69) is 20.9 Å². The molecule has 0 unspecified atom stereocenters. The third-order valence-corrected chi connectivity index (χ3v) is 2.49. The molecular weight excluding hydrogens is 228 g/mol. The van der Waals surface area contributed by atoms with Crippen molar-refractivity contribution in [1.82, 2.24) is 4.98 Å². The van der Waals surface area contributed by atoms with Gasteiger partial charge in [-0.3, -0.25) is 0 Å². The van der Waals surface area contributed by atoms with Gasteiger partial charge >= 0.3 is 0 Å². The third-order valence-electron chi connectivity index (χ3n) is 1.03. The van der Waals surface area contributed by atoms with Crippen LogP contribution in [0.25, 0.3) is 0 Å². The molecule has 1 aromatic heterocycles. The van der Waals surface area contributed by atoms with Crippen molar-refractivity contribution in [3.05, 3.63) is 9.98 Å².